The minimum absolute atomic E-state index is 0.0150. The summed E-state index contributed by atoms with van der Waals surface area (Å²) in [5, 5.41) is 5.16. The lowest BCUT2D eigenvalue weighted by Gasteiger charge is -2.29. The van der Waals surface area contributed by atoms with Crippen molar-refractivity contribution in [3.8, 4) is 10.4 Å². The Kier molecular flexibility index (Phi) is 6.18. The number of hydrogen-bond acceptors (Lipinski definition) is 4. The fraction of sp³-hybridized carbons (Fsp3) is 0.320. The zero-order valence-corrected chi connectivity index (χ0v) is 18.7. The first-order chi connectivity index (χ1) is 15.0. The van der Waals surface area contributed by atoms with Gasteiger partial charge in [-0.1, -0.05) is 36.4 Å². The Bertz CT molecular complexity index is 1030. The van der Waals surface area contributed by atoms with Crippen LogP contribution in [0, 0.1) is 5.41 Å². The highest BCUT2D eigenvalue weighted by atomic mass is 32.1. The molecule has 1 saturated heterocycles. The van der Waals surface area contributed by atoms with Crippen molar-refractivity contribution in [3.05, 3.63) is 77.4 Å². The number of carbonyl (C=O) groups is 2. The van der Waals surface area contributed by atoms with Crippen LogP contribution in [-0.4, -0.2) is 40.8 Å². The van der Waals surface area contributed by atoms with E-state index in [1.165, 1.54) is 10.4 Å². The summed E-state index contributed by atoms with van der Waals surface area (Å²) in [5.41, 5.74) is 2.06. The van der Waals surface area contributed by atoms with Gasteiger partial charge >= 0.3 is 0 Å². The Morgan fingerprint density at radius 3 is 2.58 bits per heavy atom. The average Bonchev–Trinajstić information content (AvgIpc) is 3.45. The summed E-state index contributed by atoms with van der Waals surface area (Å²) in [4.78, 5) is 33.4. The van der Waals surface area contributed by atoms with Crippen LogP contribution in [0.1, 0.15) is 36.3 Å². The number of nitrogens with one attached hydrogen (secondary N) is 1. The molecular formula is C25H27N3O2S. The summed E-state index contributed by atoms with van der Waals surface area (Å²) in [7, 11) is 0. The second-order valence-corrected chi connectivity index (χ2v) is 9.40. The number of nitrogens with zero attached hydrogens (tertiary/aromatic N) is 2. The van der Waals surface area contributed by atoms with Gasteiger partial charge in [-0.3, -0.25) is 14.6 Å². The Morgan fingerprint density at radius 2 is 1.94 bits per heavy atom. The molecule has 1 aromatic carbocycles. The van der Waals surface area contributed by atoms with Crippen molar-refractivity contribution in [2.45, 2.75) is 32.7 Å². The van der Waals surface area contributed by atoms with Gasteiger partial charge in [0.15, 0.2) is 0 Å². The zero-order chi connectivity index (χ0) is 21.8. The zero-order valence-electron chi connectivity index (χ0n) is 17.9. The molecule has 0 bridgehead atoms. The van der Waals surface area contributed by atoms with E-state index in [0.717, 1.165) is 5.56 Å². The van der Waals surface area contributed by atoms with Crippen LogP contribution in [0.2, 0.25) is 0 Å². The molecule has 5 nitrogen and oxygen atoms in total. The smallest absolute Gasteiger partial charge is 0.272 e. The van der Waals surface area contributed by atoms with E-state index in [-0.39, 0.29) is 17.9 Å². The van der Waals surface area contributed by atoms with Gasteiger partial charge < -0.3 is 10.2 Å². The molecule has 0 spiro atoms. The lowest BCUT2D eigenvalue weighted by molar-refractivity contribution is -0.130. The number of pyridine rings is 1. The lowest BCUT2D eigenvalue weighted by atomic mass is 9.79. The van der Waals surface area contributed by atoms with E-state index in [4.69, 9.17) is 0 Å². The number of amides is 2. The summed E-state index contributed by atoms with van der Waals surface area (Å²) in [6.45, 7) is 4.88. The molecule has 1 N–H and O–H groups in total. The SMILES string of the molecule is CC(C)NC(=O)C1(Cc2ccc(-c3cccs3)cc2)CCN(C(=O)c2ccccn2)C1. The maximum absolute atomic E-state index is 13.3. The van der Waals surface area contributed by atoms with Gasteiger partial charge in [0.2, 0.25) is 5.91 Å². The standard InChI is InChI=1S/C25H27N3O2S/c1-18(2)27-24(30)25(12-14-28(17-25)23(29)21-6-3-4-13-26-21)16-19-8-10-20(11-9-19)22-7-5-15-31-22/h3-11,13,15,18H,12,14,16-17H2,1-2H3,(H,27,30). The van der Waals surface area contributed by atoms with Crippen molar-refractivity contribution in [1.29, 1.82) is 0 Å². The first-order valence-electron chi connectivity index (χ1n) is 10.6. The average molecular weight is 434 g/mol. The molecule has 31 heavy (non-hydrogen) atoms. The Labute approximate surface area is 187 Å². The third kappa shape index (κ3) is 4.69. The van der Waals surface area contributed by atoms with E-state index in [1.54, 1.807) is 34.6 Å². The van der Waals surface area contributed by atoms with Crippen molar-refractivity contribution >= 4 is 23.2 Å². The topological polar surface area (TPSA) is 62.3 Å². The normalized spacial score (nSPS) is 18.4. The van der Waals surface area contributed by atoms with Crippen molar-refractivity contribution in [2.75, 3.05) is 13.1 Å². The van der Waals surface area contributed by atoms with E-state index in [1.807, 2.05) is 26.0 Å². The predicted octanol–water partition coefficient (Wildman–Crippen LogP) is 4.41. The molecule has 1 aliphatic heterocycles. The maximum Gasteiger partial charge on any atom is 0.272 e. The van der Waals surface area contributed by atoms with Gasteiger partial charge in [0, 0.05) is 30.2 Å². The van der Waals surface area contributed by atoms with Gasteiger partial charge in [0.25, 0.3) is 5.91 Å². The Hall–Kier alpha value is -2.99. The van der Waals surface area contributed by atoms with Crippen LogP contribution < -0.4 is 5.32 Å². The quantitative estimate of drug-likeness (QED) is 0.626. The molecular weight excluding hydrogens is 406 g/mol. The van der Waals surface area contributed by atoms with E-state index in [9.17, 15) is 9.59 Å². The summed E-state index contributed by atoms with van der Waals surface area (Å²) in [5.74, 6) is -0.103. The fourth-order valence-electron chi connectivity index (χ4n) is 4.14. The Balaban J connectivity index is 1.56. The van der Waals surface area contributed by atoms with Gasteiger partial charge in [0.05, 0.1) is 5.41 Å². The second kappa shape index (κ2) is 9.02. The molecule has 3 heterocycles. The molecule has 1 unspecified atom stereocenters. The first-order valence-corrected chi connectivity index (χ1v) is 11.5. The minimum Gasteiger partial charge on any atom is -0.353 e. The highest BCUT2D eigenvalue weighted by Gasteiger charge is 2.46. The van der Waals surface area contributed by atoms with Crippen LogP contribution in [0.25, 0.3) is 10.4 Å². The van der Waals surface area contributed by atoms with Crippen molar-refractivity contribution in [2.24, 2.45) is 5.41 Å². The molecule has 2 amide bonds. The van der Waals surface area contributed by atoms with Gasteiger partial charge in [-0.25, -0.2) is 0 Å². The molecule has 0 aliphatic carbocycles. The number of likely N-dealkylation sites (tertiary alicyclic amines) is 1. The Morgan fingerprint density at radius 1 is 1.13 bits per heavy atom. The molecule has 4 rings (SSSR count). The van der Waals surface area contributed by atoms with Crippen LogP contribution in [0.4, 0.5) is 0 Å². The summed E-state index contributed by atoms with van der Waals surface area (Å²) in [6.07, 6.45) is 2.86. The second-order valence-electron chi connectivity index (χ2n) is 8.45. The van der Waals surface area contributed by atoms with Gasteiger partial charge in [-0.05, 0) is 61.4 Å². The maximum atomic E-state index is 13.3. The molecule has 2 aromatic heterocycles. The summed E-state index contributed by atoms with van der Waals surface area (Å²) < 4.78 is 0. The van der Waals surface area contributed by atoms with E-state index in [2.05, 4.69) is 46.0 Å². The van der Waals surface area contributed by atoms with Crippen molar-refractivity contribution in [1.82, 2.24) is 15.2 Å². The minimum atomic E-state index is -0.640. The van der Waals surface area contributed by atoms with Crippen LogP contribution in [-0.2, 0) is 11.2 Å². The molecule has 6 heteroatoms. The predicted molar refractivity (Wildman–Crippen MR) is 124 cm³/mol. The first kappa shape index (κ1) is 21.2. The largest absolute Gasteiger partial charge is 0.353 e. The monoisotopic (exact) mass is 433 g/mol. The van der Waals surface area contributed by atoms with E-state index in [0.29, 0.717) is 31.6 Å². The van der Waals surface area contributed by atoms with Gasteiger partial charge in [-0.2, -0.15) is 0 Å². The molecule has 1 aliphatic rings. The van der Waals surface area contributed by atoms with Crippen LogP contribution >= 0.6 is 11.3 Å². The fourth-order valence-corrected chi connectivity index (χ4v) is 4.88. The molecule has 160 valence electrons. The molecule has 3 aromatic rings. The lowest BCUT2D eigenvalue weighted by Crippen LogP contribution is -2.47. The number of carbonyl (C=O) groups excluding carboxylic acids is 2. The van der Waals surface area contributed by atoms with Crippen molar-refractivity contribution in [3.63, 3.8) is 0 Å². The van der Waals surface area contributed by atoms with Gasteiger partial charge in [-0.15, -0.1) is 11.3 Å². The number of aromatic nitrogens is 1. The summed E-state index contributed by atoms with van der Waals surface area (Å²) in [6, 6.07) is 17.9. The van der Waals surface area contributed by atoms with Crippen LogP contribution in [0.15, 0.2) is 66.2 Å². The van der Waals surface area contributed by atoms with Crippen LogP contribution in [0.5, 0.6) is 0 Å². The third-order valence-corrected chi connectivity index (χ3v) is 6.65. The number of rotatable bonds is 6. The van der Waals surface area contributed by atoms with E-state index < -0.39 is 5.41 Å². The summed E-state index contributed by atoms with van der Waals surface area (Å²) >= 11 is 1.71. The molecule has 0 radical (unpaired) electrons. The van der Waals surface area contributed by atoms with Gasteiger partial charge in [0.1, 0.15) is 5.69 Å². The highest BCUT2D eigenvalue weighted by molar-refractivity contribution is 7.13. The van der Waals surface area contributed by atoms with E-state index >= 15 is 0 Å². The highest BCUT2D eigenvalue weighted by Crippen LogP contribution is 2.36. The number of hydrogen-bond donors (Lipinski definition) is 1. The number of thiophene rings is 1. The number of benzene rings is 1. The third-order valence-electron chi connectivity index (χ3n) is 5.73. The van der Waals surface area contributed by atoms with Crippen LogP contribution in [0.3, 0.4) is 0 Å². The molecule has 1 fully saturated rings. The van der Waals surface area contributed by atoms with Crippen molar-refractivity contribution < 1.29 is 9.59 Å². The molecule has 1 atom stereocenters. The molecule has 0 saturated carbocycles.